The Morgan fingerprint density at radius 3 is 2.56 bits per heavy atom. The van der Waals surface area contributed by atoms with Crippen LogP contribution in [0.3, 0.4) is 0 Å². The third-order valence-electron chi connectivity index (χ3n) is 4.43. The van der Waals surface area contributed by atoms with Gasteiger partial charge >= 0.3 is 0 Å². The lowest BCUT2D eigenvalue weighted by atomic mass is 10.2. The number of rotatable bonds is 3. The molecule has 1 aliphatic heterocycles. The summed E-state index contributed by atoms with van der Waals surface area (Å²) in [6.45, 7) is 2.96. The Morgan fingerprint density at radius 1 is 1.08 bits per heavy atom. The summed E-state index contributed by atoms with van der Waals surface area (Å²) in [5.41, 5.74) is 1.66. The molecule has 1 aromatic heterocycles. The van der Waals surface area contributed by atoms with Crippen molar-refractivity contribution < 1.29 is 9.18 Å². The van der Waals surface area contributed by atoms with E-state index in [1.54, 1.807) is 24.4 Å². The molecule has 1 fully saturated rings. The molecule has 25 heavy (non-hydrogen) atoms. The number of anilines is 2. The van der Waals surface area contributed by atoms with Gasteiger partial charge in [0, 0.05) is 57.7 Å². The van der Waals surface area contributed by atoms with E-state index in [-0.39, 0.29) is 11.7 Å². The van der Waals surface area contributed by atoms with Crippen LogP contribution in [0.15, 0.2) is 42.6 Å². The molecule has 1 amide bonds. The van der Waals surface area contributed by atoms with Crippen LogP contribution in [-0.2, 0) is 0 Å². The maximum Gasteiger partial charge on any atom is 0.254 e. The molecule has 5 nitrogen and oxygen atoms in total. The van der Waals surface area contributed by atoms with Crippen LogP contribution in [0.2, 0.25) is 0 Å². The molecule has 2 heterocycles. The number of halogens is 1. The molecule has 0 aliphatic carbocycles. The first-order valence-electron chi connectivity index (χ1n) is 8.48. The van der Waals surface area contributed by atoms with Crippen molar-refractivity contribution in [2.75, 3.05) is 50.1 Å². The van der Waals surface area contributed by atoms with Gasteiger partial charge in [0.2, 0.25) is 0 Å². The summed E-state index contributed by atoms with van der Waals surface area (Å²) in [5.74, 6) is 0.574. The predicted octanol–water partition coefficient (Wildman–Crippen LogP) is 2.64. The molecule has 1 aromatic carbocycles. The lowest BCUT2D eigenvalue weighted by molar-refractivity contribution is 0.0767. The van der Waals surface area contributed by atoms with E-state index in [0.29, 0.717) is 12.1 Å². The van der Waals surface area contributed by atoms with Gasteiger partial charge in [0.15, 0.2) is 0 Å². The van der Waals surface area contributed by atoms with E-state index < -0.39 is 0 Å². The second-order valence-electron chi connectivity index (χ2n) is 6.41. The molecule has 0 saturated carbocycles. The fourth-order valence-electron chi connectivity index (χ4n) is 3.01. The molecule has 3 rings (SSSR count). The van der Waals surface area contributed by atoms with Crippen LogP contribution in [0.4, 0.5) is 15.9 Å². The van der Waals surface area contributed by atoms with Gasteiger partial charge in [-0.1, -0.05) is 0 Å². The molecule has 0 radical (unpaired) electrons. The smallest absolute Gasteiger partial charge is 0.254 e. The maximum atomic E-state index is 13.1. The summed E-state index contributed by atoms with van der Waals surface area (Å²) in [6, 6.07) is 10.1. The molecule has 0 bridgehead atoms. The molecule has 0 atom stereocenters. The van der Waals surface area contributed by atoms with Gasteiger partial charge in [0.1, 0.15) is 11.6 Å². The number of nitrogens with zero attached hydrogens (tertiary/aromatic N) is 4. The number of benzene rings is 1. The van der Waals surface area contributed by atoms with Gasteiger partial charge in [-0.15, -0.1) is 0 Å². The van der Waals surface area contributed by atoms with Crippen molar-refractivity contribution in [3.05, 3.63) is 54.0 Å². The summed E-state index contributed by atoms with van der Waals surface area (Å²) < 4.78 is 13.1. The van der Waals surface area contributed by atoms with Crippen molar-refractivity contribution >= 4 is 17.4 Å². The topological polar surface area (TPSA) is 39.7 Å². The Labute approximate surface area is 147 Å². The lowest BCUT2D eigenvalue weighted by Crippen LogP contribution is -2.35. The Kier molecular flexibility index (Phi) is 5.16. The van der Waals surface area contributed by atoms with Gasteiger partial charge in [-0.25, -0.2) is 9.37 Å². The summed E-state index contributed by atoms with van der Waals surface area (Å²) in [6.07, 6.45) is 2.56. The highest BCUT2D eigenvalue weighted by molar-refractivity contribution is 5.95. The Bertz CT molecular complexity index is 732. The van der Waals surface area contributed by atoms with Crippen molar-refractivity contribution in [2.45, 2.75) is 6.42 Å². The summed E-state index contributed by atoms with van der Waals surface area (Å²) in [4.78, 5) is 23.1. The zero-order chi connectivity index (χ0) is 17.8. The highest BCUT2D eigenvalue weighted by atomic mass is 19.1. The van der Waals surface area contributed by atoms with Crippen LogP contribution in [0.1, 0.15) is 16.8 Å². The quantitative estimate of drug-likeness (QED) is 0.860. The van der Waals surface area contributed by atoms with E-state index >= 15 is 0 Å². The second kappa shape index (κ2) is 7.51. The van der Waals surface area contributed by atoms with Crippen molar-refractivity contribution in [3.63, 3.8) is 0 Å². The first-order chi connectivity index (χ1) is 12.0. The standard InChI is InChI=1S/C19H23FN4O/c1-22(2)18-14-15(8-9-21-18)19(25)24-11-3-10-23(12-13-24)17-6-4-16(20)5-7-17/h4-9,14H,3,10-13H2,1-2H3. The Balaban J connectivity index is 1.69. The number of pyridine rings is 1. The molecule has 2 aromatic rings. The van der Waals surface area contributed by atoms with Crippen LogP contribution < -0.4 is 9.80 Å². The van der Waals surface area contributed by atoms with Gasteiger partial charge in [-0.3, -0.25) is 4.79 Å². The Hall–Kier alpha value is -2.63. The highest BCUT2D eigenvalue weighted by Gasteiger charge is 2.21. The van der Waals surface area contributed by atoms with E-state index in [1.807, 2.05) is 30.0 Å². The van der Waals surface area contributed by atoms with Gasteiger partial charge in [-0.2, -0.15) is 0 Å². The van der Waals surface area contributed by atoms with E-state index in [2.05, 4.69) is 9.88 Å². The number of amides is 1. The third kappa shape index (κ3) is 4.07. The average Bonchev–Trinajstić information content (AvgIpc) is 2.88. The Morgan fingerprint density at radius 2 is 1.84 bits per heavy atom. The minimum Gasteiger partial charge on any atom is -0.370 e. The van der Waals surface area contributed by atoms with Gasteiger partial charge < -0.3 is 14.7 Å². The second-order valence-corrected chi connectivity index (χ2v) is 6.41. The van der Waals surface area contributed by atoms with Crippen molar-refractivity contribution in [3.8, 4) is 0 Å². The van der Waals surface area contributed by atoms with E-state index in [9.17, 15) is 9.18 Å². The van der Waals surface area contributed by atoms with Gasteiger partial charge in [0.25, 0.3) is 5.91 Å². The van der Waals surface area contributed by atoms with Crippen LogP contribution >= 0.6 is 0 Å². The van der Waals surface area contributed by atoms with Crippen molar-refractivity contribution in [1.82, 2.24) is 9.88 Å². The van der Waals surface area contributed by atoms with Crippen LogP contribution in [0.25, 0.3) is 0 Å². The highest BCUT2D eigenvalue weighted by Crippen LogP contribution is 2.18. The zero-order valence-electron chi connectivity index (χ0n) is 14.7. The fraction of sp³-hybridized carbons (Fsp3) is 0.368. The largest absolute Gasteiger partial charge is 0.370 e. The summed E-state index contributed by atoms with van der Waals surface area (Å²) in [7, 11) is 3.81. The molecule has 0 spiro atoms. The van der Waals surface area contributed by atoms with Crippen LogP contribution in [0, 0.1) is 5.82 Å². The number of hydrogen-bond donors (Lipinski definition) is 0. The predicted molar refractivity (Wildman–Crippen MR) is 97.7 cm³/mol. The molecule has 132 valence electrons. The lowest BCUT2D eigenvalue weighted by Gasteiger charge is -2.24. The average molecular weight is 342 g/mol. The SMILES string of the molecule is CN(C)c1cc(C(=O)N2CCCN(c3ccc(F)cc3)CC2)ccn1. The third-order valence-corrected chi connectivity index (χ3v) is 4.43. The van der Waals surface area contributed by atoms with Gasteiger partial charge in [-0.05, 0) is 42.8 Å². The van der Waals surface area contributed by atoms with E-state index in [1.165, 1.54) is 12.1 Å². The molecule has 6 heteroatoms. The summed E-state index contributed by atoms with van der Waals surface area (Å²) >= 11 is 0. The van der Waals surface area contributed by atoms with Crippen molar-refractivity contribution in [2.24, 2.45) is 0 Å². The van der Waals surface area contributed by atoms with Gasteiger partial charge in [0.05, 0.1) is 0 Å². The first kappa shape index (κ1) is 17.2. The minimum absolute atomic E-state index is 0.0338. The molecule has 0 N–H and O–H groups in total. The molecule has 1 aliphatic rings. The van der Waals surface area contributed by atoms with E-state index in [4.69, 9.17) is 0 Å². The monoisotopic (exact) mass is 342 g/mol. The van der Waals surface area contributed by atoms with E-state index in [0.717, 1.165) is 37.6 Å². The fourth-order valence-corrected chi connectivity index (χ4v) is 3.01. The number of carbonyl (C=O) groups is 1. The molecule has 1 saturated heterocycles. The van der Waals surface area contributed by atoms with Crippen molar-refractivity contribution in [1.29, 1.82) is 0 Å². The number of carbonyl (C=O) groups excluding carboxylic acids is 1. The normalized spacial score (nSPS) is 15.0. The first-order valence-corrected chi connectivity index (χ1v) is 8.48. The number of aromatic nitrogens is 1. The molecular weight excluding hydrogens is 319 g/mol. The minimum atomic E-state index is -0.232. The zero-order valence-corrected chi connectivity index (χ0v) is 14.7. The van der Waals surface area contributed by atoms with Crippen LogP contribution in [0.5, 0.6) is 0 Å². The molecular formula is C19H23FN4O. The molecule has 0 unspecified atom stereocenters. The van der Waals surface area contributed by atoms with Crippen LogP contribution in [-0.4, -0.2) is 56.1 Å². The summed E-state index contributed by atoms with van der Waals surface area (Å²) in [5, 5.41) is 0. The maximum absolute atomic E-state index is 13.1. The number of hydrogen-bond acceptors (Lipinski definition) is 4.